The molecule has 1 atom stereocenters. The quantitative estimate of drug-likeness (QED) is 0.719. The highest BCUT2D eigenvalue weighted by Gasteiger charge is 2.15. The van der Waals surface area contributed by atoms with Crippen LogP contribution in [0.4, 0.5) is 13.6 Å². The fraction of sp³-hybridized carbons (Fsp3) is 0.235. The lowest BCUT2D eigenvalue weighted by Gasteiger charge is -2.17. The molecule has 0 bridgehead atoms. The maximum atomic E-state index is 13.6. The molecule has 0 aromatic heterocycles. The lowest BCUT2D eigenvalue weighted by atomic mass is 10.1. The second-order valence-electron chi connectivity index (χ2n) is 5.31. The molecule has 0 radical (unpaired) electrons. The number of nitrogens with one attached hydrogen (secondary N) is 2. The highest BCUT2D eigenvalue weighted by Crippen LogP contribution is 2.28. The molecular weight excluding hydrogens is 373 g/mol. The zero-order valence-electron chi connectivity index (χ0n) is 13.5. The Balaban J connectivity index is 1.96. The first-order valence-corrected chi connectivity index (χ1v) is 8.08. The summed E-state index contributed by atoms with van der Waals surface area (Å²) in [6, 6.07) is 5.79. The SMILES string of the molecule is COc1ccc(CNC(=O)NC(C)c2cc(F)c(Cl)cc2Cl)cc1F. The van der Waals surface area contributed by atoms with Gasteiger partial charge in [-0.05, 0) is 42.3 Å². The molecule has 0 aliphatic heterocycles. The number of carbonyl (C=O) groups is 1. The monoisotopic (exact) mass is 388 g/mol. The van der Waals surface area contributed by atoms with Gasteiger partial charge in [0.15, 0.2) is 11.6 Å². The van der Waals surface area contributed by atoms with Crippen molar-refractivity contribution in [2.75, 3.05) is 7.11 Å². The molecule has 2 N–H and O–H groups in total. The summed E-state index contributed by atoms with van der Waals surface area (Å²) in [5, 5.41) is 5.37. The van der Waals surface area contributed by atoms with Gasteiger partial charge in [-0.2, -0.15) is 0 Å². The molecule has 0 saturated carbocycles. The average Bonchev–Trinajstić information content (AvgIpc) is 2.56. The molecule has 0 aliphatic rings. The van der Waals surface area contributed by atoms with E-state index in [4.69, 9.17) is 27.9 Å². The summed E-state index contributed by atoms with van der Waals surface area (Å²) >= 11 is 11.7. The molecule has 0 aliphatic carbocycles. The van der Waals surface area contributed by atoms with E-state index >= 15 is 0 Å². The third-order valence-electron chi connectivity index (χ3n) is 3.52. The Bertz CT molecular complexity index is 787. The number of ether oxygens (including phenoxy) is 1. The van der Waals surface area contributed by atoms with Crippen molar-refractivity contribution in [3.05, 3.63) is 63.1 Å². The summed E-state index contributed by atoms with van der Waals surface area (Å²) in [6.07, 6.45) is 0. The van der Waals surface area contributed by atoms with Crippen molar-refractivity contribution < 1.29 is 18.3 Å². The van der Waals surface area contributed by atoms with Crippen molar-refractivity contribution in [2.45, 2.75) is 19.5 Å². The number of urea groups is 1. The minimum atomic E-state index is -0.621. The summed E-state index contributed by atoms with van der Waals surface area (Å²) in [5.74, 6) is -1.01. The van der Waals surface area contributed by atoms with Gasteiger partial charge in [0.05, 0.1) is 18.2 Å². The molecule has 2 aromatic rings. The largest absolute Gasteiger partial charge is 0.494 e. The number of halogens is 4. The first-order chi connectivity index (χ1) is 11.8. The Morgan fingerprint density at radius 3 is 2.52 bits per heavy atom. The highest BCUT2D eigenvalue weighted by atomic mass is 35.5. The summed E-state index contributed by atoms with van der Waals surface area (Å²) in [4.78, 5) is 12.0. The second-order valence-corrected chi connectivity index (χ2v) is 6.12. The molecule has 0 fully saturated rings. The molecule has 4 nitrogen and oxygen atoms in total. The van der Waals surface area contributed by atoms with E-state index in [-0.39, 0.29) is 22.3 Å². The number of hydrogen-bond donors (Lipinski definition) is 2. The minimum Gasteiger partial charge on any atom is -0.494 e. The topological polar surface area (TPSA) is 50.4 Å². The van der Waals surface area contributed by atoms with Crippen molar-refractivity contribution in [3.63, 3.8) is 0 Å². The first-order valence-electron chi connectivity index (χ1n) is 7.33. The first kappa shape index (κ1) is 19.3. The Morgan fingerprint density at radius 2 is 1.88 bits per heavy atom. The number of amides is 2. The van der Waals surface area contributed by atoms with E-state index in [0.717, 1.165) is 0 Å². The standard InChI is InChI=1S/C17H16Cl2F2N2O2/c1-9(11-6-14(20)13(19)7-12(11)18)23-17(24)22-8-10-3-4-16(25-2)15(21)5-10/h3-7,9H,8H2,1-2H3,(H2,22,23,24). The molecule has 2 rings (SSSR count). The zero-order chi connectivity index (χ0) is 18.6. The van der Waals surface area contributed by atoms with E-state index in [9.17, 15) is 13.6 Å². The van der Waals surface area contributed by atoms with Crippen molar-refractivity contribution in [1.82, 2.24) is 10.6 Å². The van der Waals surface area contributed by atoms with E-state index in [1.54, 1.807) is 13.0 Å². The number of carbonyl (C=O) groups excluding carboxylic acids is 1. The lowest BCUT2D eigenvalue weighted by molar-refractivity contribution is 0.237. The average molecular weight is 389 g/mol. The zero-order valence-corrected chi connectivity index (χ0v) is 15.0. The fourth-order valence-corrected chi connectivity index (χ4v) is 2.74. The molecule has 1 unspecified atom stereocenters. The fourth-order valence-electron chi connectivity index (χ4n) is 2.20. The van der Waals surface area contributed by atoms with Crippen molar-refractivity contribution >= 4 is 29.2 Å². The molecule has 0 saturated heterocycles. The second kappa shape index (κ2) is 8.36. The summed E-state index contributed by atoms with van der Waals surface area (Å²) in [6.45, 7) is 1.77. The van der Waals surface area contributed by atoms with Gasteiger partial charge >= 0.3 is 6.03 Å². The van der Waals surface area contributed by atoms with Gasteiger partial charge in [-0.25, -0.2) is 13.6 Å². The maximum absolute atomic E-state index is 13.6. The van der Waals surface area contributed by atoms with Gasteiger partial charge in [-0.3, -0.25) is 0 Å². The predicted molar refractivity (Wildman–Crippen MR) is 93.2 cm³/mol. The van der Waals surface area contributed by atoms with Crippen LogP contribution in [0.1, 0.15) is 24.1 Å². The van der Waals surface area contributed by atoms with Crippen LogP contribution in [-0.2, 0) is 6.54 Å². The summed E-state index contributed by atoms with van der Waals surface area (Å²) in [7, 11) is 1.37. The van der Waals surface area contributed by atoms with Crippen LogP contribution < -0.4 is 15.4 Å². The molecule has 8 heteroatoms. The van der Waals surface area contributed by atoms with Gasteiger partial charge < -0.3 is 15.4 Å². The lowest BCUT2D eigenvalue weighted by Crippen LogP contribution is -2.36. The Morgan fingerprint density at radius 1 is 1.16 bits per heavy atom. The highest BCUT2D eigenvalue weighted by molar-refractivity contribution is 6.35. The van der Waals surface area contributed by atoms with E-state index in [1.807, 2.05) is 0 Å². The number of methoxy groups -OCH3 is 1. The molecule has 0 heterocycles. The molecule has 0 spiro atoms. The summed E-state index contributed by atoms with van der Waals surface area (Å²) in [5.41, 5.74) is 0.964. The van der Waals surface area contributed by atoms with Crippen LogP contribution in [0.5, 0.6) is 5.75 Å². The Hall–Kier alpha value is -2.05. The normalized spacial score (nSPS) is 11.8. The van der Waals surface area contributed by atoms with E-state index in [0.29, 0.717) is 11.1 Å². The molecule has 25 heavy (non-hydrogen) atoms. The van der Waals surface area contributed by atoms with E-state index in [1.165, 1.54) is 31.4 Å². The third kappa shape index (κ3) is 4.96. The van der Waals surface area contributed by atoms with Gasteiger partial charge in [-0.1, -0.05) is 29.3 Å². The van der Waals surface area contributed by atoms with Crippen LogP contribution in [0, 0.1) is 11.6 Å². The van der Waals surface area contributed by atoms with Crippen LogP contribution in [-0.4, -0.2) is 13.1 Å². The van der Waals surface area contributed by atoms with Gasteiger partial charge in [0.2, 0.25) is 0 Å². The van der Waals surface area contributed by atoms with Gasteiger partial charge in [0.1, 0.15) is 5.82 Å². The molecular formula is C17H16Cl2F2N2O2. The predicted octanol–water partition coefficient (Wildman–Crippen LogP) is 4.84. The van der Waals surface area contributed by atoms with Crippen molar-refractivity contribution in [3.8, 4) is 5.75 Å². The van der Waals surface area contributed by atoms with Crippen LogP contribution in [0.25, 0.3) is 0 Å². The van der Waals surface area contributed by atoms with Crippen LogP contribution in [0.2, 0.25) is 10.0 Å². The van der Waals surface area contributed by atoms with Crippen LogP contribution >= 0.6 is 23.2 Å². The van der Waals surface area contributed by atoms with Crippen molar-refractivity contribution in [1.29, 1.82) is 0 Å². The van der Waals surface area contributed by atoms with E-state index < -0.39 is 23.7 Å². The molecule has 2 aromatic carbocycles. The summed E-state index contributed by atoms with van der Waals surface area (Å²) < 4.78 is 32.0. The third-order valence-corrected chi connectivity index (χ3v) is 4.14. The van der Waals surface area contributed by atoms with Gasteiger partial charge in [0.25, 0.3) is 0 Å². The smallest absolute Gasteiger partial charge is 0.315 e. The van der Waals surface area contributed by atoms with Gasteiger partial charge in [0, 0.05) is 11.6 Å². The van der Waals surface area contributed by atoms with Crippen LogP contribution in [0.3, 0.4) is 0 Å². The van der Waals surface area contributed by atoms with E-state index in [2.05, 4.69) is 10.6 Å². The number of hydrogen-bond acceptors (Lipinski definition) is 2. The molecule has 134 valence electrons. The molecule has 2 amide bonds. The number of benzene rings is 2. The maximum Gasteiger partial charge on any atom is 0.315 e. The van der Waals surface area contributed by atoms with Crippen molar-refractivity contribution in [2.24, 2.45) is 0 Å². The Labute approximate surface area is 154 Å². The van der Waals surface area contributed by atoms with Crippen LogP contribution in [0.15, 0.2) is 30.3 Å². The number of rotatable bonds is 5. The minimum absolute atomic E-state index is 0.0908. The van der Waals surface area contributed by atoms with Gasteiger partial charge in [-0.15, -0.1) is 0 Å². The Kier molecular flexibility index (Phi) is 6.45.